The van der Waals surface area contributed by atoms with Crippen LogP contribution in [-0.2, 0) is 0 Å². The monoisotopic (exact) mass is 417 g/mol. The van der Waals surface area contributed by atoms with Crippen molar-refractivity contribution in [1.82, 2.24) is 5.32 Å². The lowest BCUT2D eigenvalue weighted by atomic mass is 9.44. The number of aliphatic hydroxyl groups excluding tert-OH is 2. The van der Waals surface area contributed by atoms with E-state index < -0.39 is 0 Å². The Kier molecular flexibility index (Phi) is 5.60. The number of hydrogen-bond donors (Lipinski definition) is 3. The summed E-state index contributed by atoms with van der Waals surface area (Å²) in [5.74, 6) is 4.85. The average Bonchev–Trinajstić information content (AvgIpc) is 2.98. The van der Waals surface area contributed by atoms with E-state index in [0.717, 1.165) is 49.5 Å². The molecule has 0 radical (unpaired) electrons. The molecule has 172 valence electrons. The molecule has 12 atom stereocenters. The molecule has 0 aromatic rings. The van der Waals surface area contributed by atoms with Gasteiger partial charge in [-0.05, 0) is 123 Å². The van der Waals surface area contributed by atoms with Gasteiger partial charge >= 0.3 is 0 Å². The summed E-state index contributed by atoms with van der Waals surface area (Å²) in [7, 11) is 0. The molecule has 3 N–H and O–H groups in total. The van der Waals surface area contributed by atoms with Gasteiger partial charge in [0.05, 0.1) is 12.2 Å². The Hall–Kier alpha value is -0.120. The lowest BCUT2D eigenvalue weighted by molar-refractivity contribution is -0.130. The van der Waals surface area contributed by atoms with Gasteiger partial charge in [0.1, 0.15) is 0 Å². The SMILES string of the molecule is C[C@H]1CC[C@@H]([C@@H](C)[C@H]2[C@@H](O)C[C@H]3[C@@H]4CC[C@H]5C[C@@H](O)CC[C@]5(C)[C@H]4CC[C@]23C)NC1. The molecule has 30 heavy (non-hydrogen) atoms. The van der Waals surface area contributed by atoms with Crippen molar-refractivity contribution in [3.63, 3.8) is 0 Å². The number of hydrogen-bond acceptors (Lipinski definition) is 3. The average molecular weight is 418 g/mol. The third-order valence-corrected chi connectivity index (χ3v) is 11.6. The minimum Gasteiger partial charge on any atom is -0.393 e. The Morgan fingerprint density at radius 3 is 2.37 bits per heavy atom. The summed E-state index contributed by atoms with van der Waals surface area (Å²) in [4.78, 5) is 0. The fourth-order valence-corrected chi connectivity index (χ4v) is 9.96. The normalized spacial score (nSPS) is 57.2. The molecule has 0 unspecified atom stereocenters. The fourth-order valence-electron chi connectivity index (χ4n) is 9.96. The Balaban J connectivity index is 1.37. The molecule has 5 fully saturated rings. The number of aliphatic hydroxyl groups is 2. The zero-order chi connectivity index (χ0) is 21.3. The number of rotatable bonds is 2. The molecule has 0 aromatic carbocycles. The van der Waals surface area contributed by atoms with E-state index in [1.54, 1.807) is 0 Å². The molecule has 1 aliphatic heterocycles. The predicted molar refractivity (Wildman–Crippen MR) is 122 cm³/mol. The van der Waals surface area contributed by atoms with Gasteiger partial charge < -0.3 is 15.5 Å². The van der Waals surface area contributed by atoms with Crippen LogP contribution in [-0.4, -0.2) is 35.0 Å². The quantitative estimate of drug-likeness (QED) is 0.592. The molecule has 1 saturated heterocycles. The highest BCUT2D eigenvalue weighted by molar-refractivity contribution is 5.12. The van der Waals surface area contributed by atoms with Crippen LogP contribution in [0.5, 0.6) is 0 Å². The van der Waals surface area contributed by atoms with Gasteiger partial charge in [-0.2, -0.15) is 0 Å². The van der Waals surface area contributed by atoms with E-state index >= 15 is 0 Å². The number of piperidine rings is 1. The van der Waals surface area contributed by atoms with Crippen LogP contribution in [0.15, 0.2) is 0 Å². The van der Waals surface area contributed by atoms with Crippen LogP contribution in [0.3, 0.4) is 0 Å². The first kappa shape index (κ1) is 21.7. The van der Waals surface area contributed by atoms with Crippen molar-refractivity contribution in [3.8, 4) is 0 Å². The number of fused-ring (bicyclic) bond motifs is 5. The van der Waals surface area contributed by atoms with Crippen LogP contribution in [0, 0.1) is 52.3 Å². The molecule has 4 saturated carbocycles. The standard InChI is InChI=1S/C27H47NO2/c1-16-5-8-23(28-15-16)17(2)25-24(30)14-22-20-7-6-18-13-19(29)9-11-26(18,3)21(20)10-12-27(22,25)4/h16-25,28-30H,5-15H2,1-4H3/t16-,17+,18-,19-,20+,21-,22-,23-,24-,25-,26-,27-/m0/s1. The Morgan fingerprint density at radius 1 is 0.867 bits per heavy atom. The van der Waals surface area contributed by atoms with E-state index in [0.29, 0.717) is 34.6 Å². The van der Waals surface area contributed by atoms with Crippen LogP contribution < -0.4 is 5.32 Å². The molecule has 4 aliphatic carbocycles. The summed E-state index contributed by atoms with van der Waals surface area (Å²) in [6.45, 7) is 11.1. The molecular weight excluding hydrogens is 370 g/mol. The van der Waals surface area contributed by atoms with Crippen molar-refractivity contribution in [3.05, 3.63) is 0 Å². The van der Waals surface area contributed by atoms with E-state index in [9.17, 15) is 10.2 Å². The molecule has 0 amide bonds. The summed E-state index contributed by atoms with van der Waals surface area (Å²) >= 11 is 0. The Bertz CT molecular complexity index is 630. The van der Waals surface area contributed by atoms with Gasteiger partial charge in [-0.25, -0.2) is 0 Å². The first-order valence-corrected chi connectivity index (χ1v) is 13.3. The maximum Gasteiger partial charge on any atom is 0.0579 e. The summed E-state index contributed by atoms with van der Waals surface area (Å²) < 4.78 is 0. The van der Waals surface area contributed by atoms with Crippen molar-refractivity contribution in [2.24, 2.45) is 52.3 Å². The summed E-state index contributed by atoms with van der Waals surface area (Å²) in [5, 5.41) is 25.5. The van der Waals surface area contributed by atoms with Gasteiger partial charge in [0.2, 0.25) is 0 Å². The van der Waals surface area contributed by atoms with Crippen LogP contribution in [0.1, 0.15) is 91.9 Å². The number of nitrogens with one attached hydrogen (secondary N) is 1. The summed E-state index contributed by atoms with van der Waals surface area (Å²) in [5.41, 5.74) is 0.737. The minimum absolute atomic E-state index is 0.0577. The van der Waals surface area contributed by atoms with E-state index in [2.05, 4.69) is 33.0 Å². The second-order valence-electron chi connectivity index (χ2n) is 13.0. The third-order valence-electron chi connectivity index (χ3n) is 11.6. The molecule has 5 rings (SSSR count). The molecule has 1 heterocycles. The second kappa shape index (κ2) is 7.73. The molecule has 3 nitrogen and oxygen atoms in total. The third kappa shape index (κ3) is 3.24. The van der Waals surface area contributed by atoms with Crippen molar-refractivity contribution >= 4 is 0 Å². The van der Waals surface area contributed by atoms with Gasteiger partial charge in [-0.15, -0.1) is 0 Å². The van der Waals surface area contributed by atoms with E-state index in [-0.39, 0.29) is 12.2 Å². The Morgan fingerprint density at radius 2 is 1.63 bits per heavy atom. The highest BCUT2D eigenvalue weighted by Gasteiger charge is 2.63. The smallest absolute Gasteiger partial charge is 0.0579 e. The van der Waals surface area contributed by atoms with Gasteiger partial charge in [0.25, 0.3) is 0 Å². The maximum absolute atomic E-state index is 11.4. The van der Waals surface area contributed by atoms with Crippen molar-refractivity contribution < 1.29 is 10.2 Å². The van der Waals surface area contributed by atoms with Gasteiger partial charge in [0, 0.05) is 6.04 Å². The van der Waals surface area contributed by atoms with Crippen LogP contribution >= 0.6 is 0 Å². The molecule has 5 aliphatic rings. The zero-order valence-corrected chi connectivity index (χ0v) is 19.9. The Labute approximate surface area is 184 Å². The molecule has 0 spiro atoms. The van der Waals surface area contributed by atoms with Crippen LogP contribution in [0.4, 0.5) is 0 Å². The summed E-state index contributed by atoms with van der Waals surface area (Å²) in [6, 6.07) is 0.585. The maximum atomic E-state index is 11.4. The molecular formula is C27H47NO2. The van der Waals surface area contributed by atoms with Crippen LogP contribution in [0.25, 0.3) is 0 Å². The lowest BCUT2D eigenvalue weighted by Crippen LogP contribution is -2.55. The van der Waals surface area contributed by atoms with Crippen molar-refractivity contribution in [2.45, 2.75) is 110 Å². The first-order valence-electron chi connectivity index (χ1n) is 13.3. The highest BCUT2D eigenvalue weighted by atomic mass is 16.3. The lowest BCUT2D eigenvalue weighted by Gasteiger charge is -2.61. The fraction of sp³-hybridized carbons (Fsp3) is 1.00. The topological polar surface area (TPSA) is 52.5 Å². The molecule has 0 aromatic heterocycles. The van der Waals surface area contributed by atoms with Gasteiger partial charge in [0.15, 0.2) is 0 Å². The van der Waals surface area contributed by atoms with Gasteiger partial charge in [-0.3, -0.25) is 0 Å². The second-order valence-corrected chi connectivity index (χ2v) is 13.0. The molecule has 3 heteroatoms. The summed E-state index contributed by atoms with van der Waals surface area (Å²) in [6.07, 6.45) is 12.0. The largest absolute Gasteiger partial charge is 0.393 e. The zero-order valence-electron chi connectivity index (χ0n) is 19.9. The van der Waals surface area contributed by atoms with E-state index in [1.165, 1.54) is 44.9 Å². The van der Waals surface area contributed by atoms with Crippen LogP contribution in [0.2, 0.25) is 0 Å². The first-order chi connectivity index (χ1) is 14.2. The minimum atomic E-state index is -0.117. The van der Waals surface area contributed by atoms with Crippen molar-refractivity contribution in [2.75, 3.05) is 6.54 Å². The van der Waals surface area contributed by atoms with E-state index in [1.807, 2.05) is 0 Å². The van der Waals surface area contributed by atoms with Gasteiger partial charge in [-0.1, -0.05) is 27.7 Å². The van der Waals surface area contributed by atoms with Crippen molar-refractivity contribution in [1.29, 1.82) is 0 Å². The van der Waals surface area contributed by atoms with E-state index in [4.69, 9.17) is 0 Å². The highest BCUT2D eigenvalue weighted by Crippen LogP contribution is 2.68. The molecule has 0 bridgehead atoms. The predicted octanol–water partition coefficient (Wildman–Crippen LogP) is 5.00.